The van der Waals surface area contributed by atoms with Crippen LogP contribution in [0.2, 0.25) is 0 Å². The second-order valence-corrected chi connectivity index (χ2v) is 5.09. The summed E-state index contributed by atoms with van der Waals surface area (Å²) >= 11 is 2.04. The van der Waals surface area contributed by atoms with Crippen LogP contribution in [0.1, 0.15) is 39.0 Å². The molecule has 72 valence electrons. The van der Waals surface area contributed by atoms with Gasteiger partial charge in [0.15, 0.2) is 0 Å². The Morgan fingerprint density at radius 3 is 2.75 bits per heavy atom. The minimum atomic E-state index is 0.525. The van der Waals surface area contributed by atoms with Crippen molar-refractivity contribution in [3.63, 3.8) is 0 Å². The maximum Gasteiger partial charge on any atom is 0.00671 e. The molecule has 12 heavy (non-hydrogen) atoms. The summed E-state index contributed by atoms with van der Waals surface area (Å²) in [5, 5.41) is 0. The molecular formula is C10H21NS. The van der Waals surface area contributed by atoms with Crippen LogP contribution in [0, 0.1) is 5.92 Å². The van der Waals surface area contributed by atoms with Gasteiger partial charge in [-0.2, -0.15) is 11.8 Å². The Morgan fingerprint density at radius 2 is 2.17 bits per heavy atom. The molecule has 1 saturated carbocycles. The van der Waals surface area contributed by atoms with Gasteiger partial charge in [0.1, 0.15) is 0 Å². The lowest BCUT2D eigenvalue weighted by molar-refractivity contribution is 0.525. The van der Waals surface area contributed by atoms with Crippen LogP contribution in [-0.4, -0.2) is 17.5 Å². The van der Waals surface area contributed by atoms with E-state index in [0.717, 1.165) is 5.92 Å². The molecule has 1 aliphatic rings. The summed E-state index contributed by atoms with van der Waals surface area (Å²) in [6.45, 7) is 2.22. The van der Waals surface area contributed by atoms with Crippen molar-refractivity contribution in [1.29, 1.82) is 0 Å². The molecule has 2 N–H and O–H groups in total. The fourth-order valence-corrected chi connectivity index (χ4v) is 2.19. The van der Waals surface area contributed by atoms with Gasteiger partial charge >= 0.3 is 0 Å². The summed E-state index contributed by atoms with van der Waals surface area (Å²) in [6.07, 6.45) is 6.74. The molecular weight excluding hydrogens is 166 g/mol. The third kappa shape index (κ3) is 4.36. The van der Waals surface area contributed by atoms with Crippen LogP contribution >= 0.6 is 11.8 Å². The minimum Gasteiger partial charge on any atom is -0.327 e. The molecule has 0 radical (unpaired) electrons. The monoisotopic (exact) mass is 187 g/mol. The van der Waals surface area contributed by atoms with Crippen molar-refractivity contribution in [2.24, 2.45) is 11.7 Å². The Labute approximate surface area is 80.5 Å². The Kier molecular flexibility index (Phi) is 5.08. The maximum atomic E-state index is 5.99. The first-order chi connectivity index (χ1) is 5.84. The van der Waals surface area contributed by atoms with E-state index in [1.54, 1.807) is 0 Å². The quantitative estimate of drug-likeness (QED) is 0.620. The summed E-state index contributed by atoms with van der Waals surface area (Å²) in [6, 6.07) is 0.525. The predicted octanol–water partition coefficient (Wildman–Crippen LogP) is 2.65. The molecule has 0 amide bonds. The lowest BCUT2D eigenvalue weighted by atomic mass is 10.1. The predicted molar refractivity (Wildman–Crippen MR) is 57.5 cm³/mol. The first-order valence-electron chi connectivity index (χ1n) is 5.18. The summed E-state index contributed by atoms with van der Waals surface area (Å²) in [5.41, 5.74) is 5.99. The number of rotatable bonds is 7. The van der Waals surface area contributed by atoms with Gasteiger partial charge < -0.3 is 5.73 Å². The molecule has 1 fully saturated rings. The van der Waals surface area contributed by atoms with Crippen LogP contribution in [0.25, 0.3) is 0 Å². The average molecular weight is 187 g/mol. The third-order valence-electron chi connectivity index (χ3n) is 2.51. The molecule has 0 saturated heterocycles. The van der Waals surface area contributed by atoms with Crippen LogP contribution < -0.4 is 5.73 Å². The highest BCUT2D eigenvalue weighted by molar-refractivity contribution is 7.99. The number of unbranched alkanes of at least 4 members (excludes halogenated alkanes) is 1. The third-order valence-corrected chi connectivity index (χ3v) is 3.49. The van der Waals surface area contributed by atoms with Gasteiger partial charge in [0.05, 0.1) is 0 Å². The highest BCUT2D eigenvalue weighted by atomic mass is 32.2. The van der Waals surface area contributed by atoms with Crippen LogP contribution in [-0.2, 0) is 0 Å². The first kappa shape index (κ1) is 10.4. The van der Waals surface area contributed by atoms with E-state index in [1.165, 1.54) is 43.6 Å². The van der Waals surface area contributed by atoms with Crippen molar-refractivity contribution in [2.45, 2.75) is 45.1 Å². The molecule has 0 aromatic heterocycles. The van der Waals surface area contributed by atoms with E-state index in [2.05, 4.69) is 6.92 Å². The Balaban J connectivity index is 1.81. The molecule has 0 aromatic rings. The van der Waals surface area contributed by atoms with Gasteiger partial charge in [-0.05, 0) is 43.1 Å². The van der Waals surface area contributed by atoms with Crippen molar-refractivity contribution in [3.05, 3.63) is 0 Å². The normalized spacial score (nSPS) is 19.5. The molecule has 0 aromatic carbocycles. The van der Waals surface area contributed by atoms with Gasteiger partial charge in [0.2, 0.25) is 0 Å². The lowest BCUT2D eigenvalue weighted by Gasteiger charge is -2.08. The molecule has 0 bridgehead atoms. The van der Waals surface area contributed by atoms with Crippen molar-refractivity contribution >= 4 is 11.8 Å². The highest BCUT2D eigenvalue weighted by Crippen LogP contribution is 2.33. The molecule has 1 nitrogen and oxygen atoms in total. The molecule has 0 heterocycles. The van der Waals surface area contributed by atoms with Crippen LogP contribution in [0.5, 0.6) is 0 Å². The zero-order valence-electron chi connectivity index (χ0n) is 8.09. The molecule has 1 aliphatic carbocycles. The lowest BCUT2D eigenvalue weighted by Crippen LogP contribution is -2.21. The summed E-state index contributed by atoms with van der Waals surface area (Å²) in [4.78, 5) is 0. The molecule has 0 aliphatic heterocycles. The number of hydrogen-bond donors (Lipinski definition) is 1. The zero-order chi connectivity index (χ0) is 8.81. The smallest absolute Gasteiger partial charge is 0.00671 e. The summed E-state index contributed by atoms with van der Waals surface area (Å²) < 4.78 is 0. The fraction of sp³-hybridized carbons (Fsp3) is 1.00. The van der Waals surface area contributed by atoms with Crippen LogP contribution in [0.3, 0.4) is 0 Å². The Hall–Kier alpha value is 0.310. The van der Waals surface area contributed by atoms with E-state index in [-0.39, 0.29) is 0 Å². The zero-order valence-corrected chi connectivity index (χ0v) is 8.91. The molecule has 1 unspecified atom stereocenters. The SMILES string of the molecule is CCSCCCCC(N)C1CC1. The first-order valence-corrected chi connectivity index (χ1v) is 6.33. The van der Waals surface area contributed by atoms with Crippen molar-refractivity contribution in [3.8, 4) is 0 Å². The van der Waals surface area contributed by atoms with Crippen molar-refractivity contribution in [2.75, 3.05) is 11.5 Å². The van der Waals surface area contributed by atoms with E-state index in [0.29, 0.717) is 6.04 Å². The molecule has 1 rings (SSSR count). The van der Waals surface area contributed by atoms with E-state index < -0.39 is 0 Å². The van der Waals surface area contributed by atoms with Gasteiger partial charge in [-0.1, -0.05) is 13.3 Å². The molecule has 0 spiro atoms. The number of nitrogens with two attached hydrogens (primary N) is 1. The second-order valence-electron chi connectivity index (χ2n) is 3.69. The maximum absolute atomic E-state index is 5.99. The van der Waals surface area contributed by atoms with Gasteiger partial charge in [-0.3, -0.25) is 0 Å². The van der Waals surface area contributed by atoms with Gasteiger partial charge in [-0.25, -0.2) is 0 Å². The van der Waals surface area contributed by atoms with Crippen molar-refractivity contribution in [1.82, 2.24) is 0 Å². The van der Waals surface area contributed by atoms with Gasteiger partial charge in [0, 0.05) is 6.04 Å². The highest BCUT2D eigenvalue weighted by Gasteiger charge is 2.27. The topological polar surface area (TPSA) is 26.0 Å². The Morgan fingerprint density at radius 1 is 1.42 bits per heavy atom. The van der Waals surface area contributed by atoms with E-state index >= 15 is 0 Å². The number of hydrogen-bond acceptors (Lipinski definition) is 2. The molecule has 1 atom stereocenters. The van der Waals surface area contributed by atoms with Crippen molar-refractivity contribution < 1.29 is 0 Å². The average Bonchev–Trinajstić information content (AvgIpc) is 2.86. The van der Waals surface area contributed by atoms with E-state index in [1.807, 2.05) is 11.8 Å². The minimum absolute atomic E-state index is 0.525. The molecule has 2 heteroatoms. The fourth-order valence-electron chi connectivity index (χ4n) is 1.49. The van der Waals surface area contributed by atoms with E-state index in [9.17, 15) is 0 Å². The van der Waals surface area contributed by atoms with E-state index in [4.69, 9.17) is 5.73 Å². The largest absolute Gasteiger partial charge is 0.327 e. The summed E-state index contributed by atoms with van der Waals surface area (Å²) in [7, 11) is 0. The van der Waals surface area contributed by atoms with Gasteiger partial charge in [0.25, 0.3) is 0 Å². The summed E-state index contributed by atoms with van der Waals surface area (Å²) in [5.74, 6) is 3.48. The second kappa shape index (κ2) is 5.87. The number of thioether (sulfide) groups is 1. The van der Waals surface area contributed by atoms with Crippen LogP contribution in [0.15, 0.2) is 0 Å². The van der Waals surface area contributed by atoms with Crippen LogP contribution in [0.4, 0.5) is 0 Å². The standard InChI is InChI=1S/C10H21NS/c1-2-12-8-4-3-5-10(11)9-6-7-9/h9-10H,2-8,11H2,1H3. The Bertz CT molecular complexity index is 112. The van der Waals surface area contributed by atoms with Gasteiger partial charge in [-0.15, -0.1) is 0 Å².